The number of nitrogens with two attached hydrogens (primary N) is 1. The second-order valence-electron chi connectivity index (χ2n) is 4.76. The molecule has 0 aliphatic rings. The molecule has 0 amide bonds. The Morgan fingerprint density at radius 3 is 2.53 bits per heavy atom. The van der Waals surface area contributed by atoms with Crippen LogP contribution in [0.4, 0.5) is 4.39 Å². The maximum absolute atomic E-state index is 13.7. The minimum absolute atomic E-state index is 0.0455. The van der Waals surface area contributed by atoms with Gasteiger partial charge in [0, 0.05) is 20.2 Å². The summed E-state index contributed by atoms with van der Waals surface area (Å²) in [6.07, 6.45) is 0. The topological polar surface area (TPSA) is 81.4 Å². The third kappa shape index (κ3) is 4.24. The quantitative estimate of drug-likeness (QED) is 0.818. The van der Waals surface area contributed by atoms with E-state index in [0.29, 0.717) is 5.56 Å². The predicted octanol–water partition coefficient (Wildman–Crippen LogP) is 0.988. The van der Waals surface area contributed by atoms with Crippen LogP contribution in [0.25, 0.3) is 0 Å². The van der Waals surface area contributed by atoms with Crippen LogP contribution in [-0.2, 0) is 21.3 Å². The maximum atomic E-state index is 13.7. The Balaban J connectivity index is 2.95. The fourth-order valence-electron chi connectivity index (χ4n) is 1.31. The van der Waals surface area contributed by atoms with Crippen LogP contribution in [0.3, 0.4) is 0 Å². The number of hydrogen-bond donors (Lipinski definition) is 2. The lowest BCUT2D eigenvalue weighted by molar-refractivity contribution is 0.0276. The van der Waals surface area contributed by atoms with E-state index < -0.39 is 26.3 Å². The minimum atomic E-state index is -3.91. The van der Waals surface area contributed by atoms with Crippen LogP contribution < -0.4 is 10.5 Å². The molecule has 1 rings (SSSR count). The predicted molar refractivity (Wildman–Crippen MR) is 70.6 cm³/mol. The van der Waals surface area contributed by atoms with Gasteiger partial charge < -0.3 is 10.5 Å². The van der Waals surface area contributed by atoms with E-state index in [9.17, 15) is 12.8 Å². The van der Waals surface area contributed by atoms with Gasteiger partial charge in [-0.25, -0.2) is 17.5 Å². The summed E-state index contributed by atoms with van der Waals surface area (Å²) in [7, 11) is -2.43. The zero-order valence-electron chi connectivity index (χ0n) is 11.2. The van der Waals surface area contributed by atoms with Gasteiger partial charge in [0.05, 0.1) is 5.60 Å². The molecule has 0 heterocycles. The van der Waals surface area contributed by atoms with Gasteiger partial charge in [0.15, 0.2) is 0 Å². The van der Waals surface area contributed by atoms with Crippen LogP contribution >= 0.6 is 0 Å². The van der Waals surface area contributed by atoms with Crippen molar-refractivity contribution < 1.29 is 17.5 Å². The fourth-order valence-corrected chi connectivity index (χ4v) is 2.56. The molecule has 0 atom stereocenters. The molecule has 1 aromatic rings. The van der Waals surface area contributed by atoms with Gasteiger partial charge >= 0.3 is 0 Å². The second kappa shape index (κ2) is 5.96. The Kier molecular flexibility index (Phi) is 5.03. The molecule has 0 aliphatic heterocycles. The number of ether oxygens (including phenoxy) is 1. The van der Waals surface area contributed by atoms with Gasteiger partial charge in [-0.2, -0.15) is 0 Å². The van der Waals surface area contributed by atoms with E-state index in [4.69, 9.17) is 10.5 Å². The Bertz CT molecular complexity index is 544. The van der Waals surface area contributed by atoms with E-state index in [1.54, 1.807) is 13.8 Å². The molecule has 3 N–H and O–H groups in total. The van der Waals surface area contributed by atoms with Gasteiger partial charge in [-0.1, -0.05) is 6.07 Å². The lowest BCUT2D eigenvalue weighted by atomic mass is 10.1. The maximum Gasteiger partial charge on any atom is 0.243 e. The van der Waals surface area contributed by atoms with E-state index >= 15 is 0 Å². The highest BCUT2D eigenvalue weighted by atomic mass is 32.2. The molecule has 19 heavy (non-hydrogen) atoms. The van der Waals surface area contributed by atoms with Crippen LogP contribution in [0, 0.1) is 5.82 Å². The molecule has 7 heteroatoms. The number of benzene rings is 1. The molecule has 108 valence electrons. The summed E-state index contributed by atoms with van der Waals surface area (Å²) in [5.74, 6) is -0.814. The number of sulfonamides is 1. The van der Waals surface area contributed by atoms with Gasteiger partial charge in [0.25, 0.3) is 0 Å². The van der Waals surface area contributed by atoms with Crippen molar-refractivity contribution in [1.29, 1.82) is 0 Å². The molecule has 1 aromatic carbocycles. The zero-order valence-corrected chi connectivity index (χ0v) is 12.1. The number of rotatable bonds is 6. The van der Waals surface area contributed by atoms with Crippen molar-refractivity contribution in [2.45, 2.75) is 30.9 Å². The Morgan fingerprint density at radius 2 is 2.05 bits per heavy atom. The molecular formula is C12H19FN2O3S. The smallest absolute Gasteiger partial charge is 0.243 e. The monoisotopic (exact) mass is 290 g/mol. The second-order valence-corrected chi connectivity index (χ2v) is 6.49. The fraction of sp³-hybridized carbons (Fsp3) is 0.500. The van der Waals surface area contributed by atoms with Crippen molar-refractivity contribution in [2.75, 3.05) is 13.7 Å². The highest BCUT2D eigenvalue weighted by molar-refractivity contribution is 7.89. The highest BCUT2D eigenvalue weighted by Gasteiger charge is 2.24. The first-order chi connectivity index (χ1) is 8.72. The first kappa shape index (κ1) is 16.0. The summed E-state index contributed by atoms with van der Waals surface area (Å²) >= 11 is 0. The van der Waals surface area contributed by atoms with Crippen molar-refractivity contribution in [1.82, 2.24) is 4.72 Å². The summed E-state index contributed by atoms with van der Waals surface area (Å²) in [6.45, 7) is 3.65. The molecule has 5 nitrogen and oxygen atoms in total. The van der Waals surface area contributed by atoms with E-state index in [2.05, 4.69) is 4.72 Å². The van der Waals surface area contributed by atoms with Gasteiger partial charge in [0.1, 0.15) is 10.7 Å². The van der Waals surface area contributed by atoms with E-state index in [1.165, 1.54) is 19.2 Å². The Labute approximate surface area is 113 Å². The molecule has 0 radical (unpaired) electrons. The van der Waals surface area contributed by atoms with Crippen molar-refractivity contribution >= 4 is 10.0 Å². The third-order valence-electron chi connectivity index (χ3n) is 2.76. The average molecular weight is 290 g/mol. The Morgan fingerprint density at radius 1 is 1.42 bits per heavy atom. The van der Waals surface area contributed by atoms with Gasteiger partial charge in [-0.05, 0) is 31.5 Å². The normalized spacial score (nSPS) is 12.7. The summed E-state index contributed by atoms with van der Waals surface area (Å²) < 4.78 is 45.1. The van der Waals surface area contributed by atoms with Gasteiger partial charge in [-0.3, -0.25) is 0 Å². The number of methoxy groups -OCH3 is 1. The van der Waals surface area contributed by atoms with Crippen LogP contribution in [0.15, 0.2) is 23.1 Å². The van der Waals surface area contributed by atoms with E-state index in [0.717, 1.165) is 6.07 Å². The molecule has 0 aromatic heterocycles. The first-order valence-corrected chi connectivity index (χ1v) is 7.23. The standard InChI is InChI=1S/C12H19FN2O3S/c1-12(2,18-3)8-15-19(16,17)11-5-4-9(7-14)6-10(11)13/h4-6,15H,7-8,14H2,1-3H3. The molecule has 0 aliphatic carbocycles. The first-order valence-electron chi connectivity index (χ1n) is 5.75. The molecule has 0 fully saturated rings. The molecule has 0 saturated carbocycles. The number of halogens is 1. The number of nitrogens with one attached hydrogen (secondary N) is 1. The number of hydrogen-bond acceptors (Lipinski definition) is 4. The van der Waals surface area contributed by atoms with Gasteiger partial charge in [-0.15, -0.1) is 0 Å². The van der Waals surface area contributed by atoms with Crippen molar-refractivity contribution in [3.05, 3.63) is 29.6 Å². The lowest BCUT2D eigenvalue weighted by Crippen LogP contribution is -2.39. The van der Waals surface area contributed by atoms with Crippen LogP contribution in [0.2, 0.25) is 0 Å². The van der Waals surface area contributed by atoms with E-state index in [1.807, 2.05) is 0 Å². The van der Waals surface area contributed by atoms with Crippen molar-refractivity contribution in [2.24, 2.45) is 5.73 Å². The molecular weight excluding hydrogens is 271 g/mol. The van der Waals surface area contributed by atoms with Gasteiger partial charge in [0.2, 0.25) is 10.0 Å². The lowest BCUT2D eigenvalue weighted by Gasteiger charge is -2.23. The average Bonchev–Trinajstić information content (AvgIpc) is 2.36. The molecule has 0 unspecified atom stereocenters. The van der Waals surface area contributed by atoms with E-state index in [-0.39, 0.29) is 13.1 Å². The van der Waals surface area contributed by atoms with Crippen LogP contribution in [-0.4, -0.2) is 27.7 Å². The molecule has 0 bridgehead atoms. The zero-order chi connectivity index (χ0) is 14.7. The van der Waals surface area contributed by atoms with Crippen molar-refractivity contribution in [3.63, 3.8) is 0 Å². The summed E-state index contributed by atoms with van der Waals surface area (Å²) in [6, 6.07) is 3.81. The largest absolute Gasteiger partial charge is 0.377 e. The summed E-state index contributed by atoms with van der Waals surface area (Å²) in [5, 5.41) is 0. The third-order valence-corrected chi connectivity index (χ3v) is 4.20. The Hall–Kier alpha value is -1.02. The summed E-state index contributed by atoms with van der Waals surface area (Å²) in [4.78, 5) is -0.392. The molecule has 0 saturated heterocycles. The SMILES string of the molecule is COC(C)(C)CNS(=O)(=O)c1ccc(CN)cc1F. The summed E-state index contributed by atoms with van der Waals surface area (Å²) in [5.41, 5.74) is 5.23. The highest BCUT2D eigenvalue weighted by Crippen LogP contribution is 2.16. The molecule has 0 spiro atoms. The van der Waals surface area contributed by atoms with Crippen molar-refractivity contribution in [3.8, 4) is 0 Å². The van der Waals surface area contributed by atoms with Crippen LogP contribution in [0.5, 0.6) is 0 Å². The minimum Gasteiger partial charge on any atom is -0.377 e. The van der Waals surface area contributed by atoms with Crippen LogP contribution in [0.1, 0.15) is 19.4 Å².